The minimum Gasteiger partial charge on any atom is -0.432 e. The summed E-state index contributed by atoms with van der Waals surface area (Å²) in [5.74, 6) is -0.748. The summed E-state index contributed by atoms with van der Waals surface area (Å²) in [6, 6.07) is 0. The van der Waals surface area contributed by atoms with Gasteiger partial charge in [-0.15, -0.1) is 0 Å². The van der Waals surface area contributed by atoms with Crippen LogP contribution in [-0.2, 0) is 52.2 Å². The molecule has 26 nitrogen and oxygen atoms in total. The minimum absolute atomic E-state index is 0.0191. The topological polar surface area (TPSA) is 413 Å². The highest BCUT2D eigenvalue weighted by molar-refractivity contribution is 5.78. The third kappa shape index (κ3) is 10.7. The van der Waals surface area contributed by atoms with Crippen molar-refractivity contribution < 1.29 is 129 Å². The predicted octanol–water partition coefficient (Wildman–Crippen LogP) is -3.08. The first-order chi connectivity index (χ1) is 39.5. The summed E-state index contributed by atoms with van der Waals surface area (Å²) in [4.78, 5) is 15.2. The van der Waals surface area contributed by atoms with Gasteiger partial charge in [-0.25, -0.2) is 0 Å². The highest BCUT2D eigenvalue weighted by Gasteiger charge is 2.73. The quantitative estimate of drug-likeness (QED) is 0.0466. The molecule has 0 spiro atoms. The van der Waals surface area contributed by atoms with Crippen molar-refractivity contribution in [3.63, 3.8) is 0 Å². The van der Waals surface area contributed by atoms with Gasteiger partial charge >= 0.3 is 5.97 Å². The van der Waals surface area contributed by atoms with E-state index < -0.39 is 177 Å². The van der Waals surface area contributed by atoms with Crippen LogP contribution < -0.4 is 0 Å². The summed E-state index contributed by atoms with van der Waals surface area (Å²) in [6.45, 7) is 14.6. The molecule has 482 valence electrons. The number of allylic oxidation sites excluding steroid dienone is 1. The second kappa shape index (κ2) is 24.5. The molecular formula is C58H94O26. The highest BCUT2D eigenvalue weighted by atomic mass is 16.8. The summed E-state index contributed by atoms with van der Waals surface area (Å²) >= 11 is 0. The summed E-state index contributed by atoms with van der Waals surface area (Å²) in [7, 11) is 0. The van der Waals surface area contributed by atoms with Crippen LogP contribution in [0.5, 0.6) is 0 Å². The maximum Gasteiger partial charge on any atom is 0.314 e. The average molecular weight is 1210 g/mol. The fourth-order valence-corrected chi connectivity index (χ4v) is 18.2. The van der Waals surface area contributed by atoms with Crippen molar-refractivity contribution in [2.45, 2.75) is 253 Å². The van der Waals surface area contributed by atoms with E-state index in [4.69, 9.17) is 47.4 Å². The standard InChI is InChI=1S/C58H94O26/c1-23(2)25-10-15-58(53(74)84-51-44(72)40(68)38(66)30(80-51)21-77-48-45(73)41(69)46(29(18-59)79-48)82-50-43(71)39(67)35(63)24(3)78-50)17-16-56(6)26(34(25)58)8-9-32-54(4)13-12-33(55(5,22-60)31(54)11-14-57(32,56)7)81-52-47(37(65)28(62)20-76-52)83-49-42(70)36(64)27(61)19-75-49/h24-52,59-73H,1,8-22H2,2-7H3/t24-,25-,26+,27+,28-,29+,30+,31+,32+,33-,34+,35-,36-,37-,38+,39+,40-,41+,42+,43+,44+,45+,46+,47+,48+,49-,50-,51-,52-,54-,55-,56+,57+,58-/m0/s1. The van der Waals surface area contributed by atoms with Gasteiger partial charge in [0.1, 0.15) is 104 Å². The van der Waals surface area contributed by atoms with Crippen LogP contribution in [0.25, 0.3) is 0 Å². The number of hydrogen-bond acceptors (Lipinski definition) is 26. The molecule has 5 saturated heterocycles. The van der Waals surface area contributed by atoms with Crippen LogP contribution in [0.1, 0.15) is 106 Å². The molecule has 10 aliphatic rings. The predicted molar refractivity (Wildman–Crippen MR) is 283 cm³/mol. The van der Waals surface area contributed by atoms with Crippen molar-refractivity contribution in [1.82, 2.24) is 0 Å². The number of carbonyl (C=O) groups excluding carboxylic acids is 1. The molecule has 0 aromatic rings. The summed E-state index contributed by atoms with van der Waals surface area (Å²) in [5, 5.41) is 162. The Hall–Kier alpha value is -1.75. The lowest BCUT2D eigenvalue weighted by Crippen LogP contribution is -2.68. The fourth-order valence-electron chi connectivity index (χ4n) is 18.2. The number of rotatable bonds is 14. The Morgan fingerprint density at radius 1 is 0.548 bits per heavy atom. The summed E-state index contributed by atoms with van der Waals surface area (Å²) in [6.07, 6.45) is -30.5. The Kier molecular flexibility index (Phi) is 19.0. The van der Waals surface area contributed by atoms with Gasteiger partial charge in [-0.3, -0.25) is 4.79 Å². The highest BCUT2D eigenvalue weighted by Crippen LogP contribution is 2.78. The first-order valence-electron chi connectivity index (χ1n) is 30.2. The van der Waals surface area contributed by atoms with Gasteiger partial charge in [0.15, 0.2) is 25.2 Å². The van der Waals surface area contributed by atoms with Crippen LogP contribution in [0.4, 0.5) is 0 Å². The molecule has 10 rings (SSSR count). The van der Waals surface area contributed by atoms with Crippen LogP contribution in [0.15, 0.2) is 12.2 Å². The van der Waals surface area contributed by atoms with Crippen molar-refractivity contribution in [3.8, 4) is 0 Å². The Morgan fingerprint density at radius 3 is 1.85 bits per heavy atom. The zero-order valence-corrected chi connectivity index (χ0v) is 48.8. The summed E-state index contributed by atoms with van der Waals surface area (Å²) < 4.78 is 59.1. The van der Waals surface area contributed by atoms with Gasteiger partial charge in [0.2, 0.25) is 6.29 Å². The number of aliphatic hydroxyl groups excluding tert-OH is 15. The molecule has 5 aliphatic carbocycles. The molecule has 5 saturated carbocycles. The molecule has 0 aromatic heterocycles. The molecule has 10 fully saturated rings. The third-order valence-corrected chi connectivity index (χ3v) is 23.3. The van der Waals surface area contributed by atoms with E-state index in [1.165, 1.54) is 6.92 Å². The molecule has 84 heavy (non-hydrogen) atoms. The Bertz CT molecular complexity index is 2300. The van der Waals surface area contributed by atoms with Gasteiger partial charge in [0.05, 0.1) is 50.7 Å². The van der Waals surface area contributed by atoms with Crippen molar-refractivity contribution >= 4 is 5.97 Å². The SMILES string of the molecule is C=C(C)[C@@H]1CC[C@]2(C(=O)O[C@@H]3O[C@H](CO[C@@H]4O[C@H](CO)[C@@H](O[C@@H]5O[C@@H](C)[C@H](O)[C@@H](O)[C@H]5O)[C@H](O)[C@H]4O)[C@@H](O)[C@H](O)[C@H]3O)CC[C@]3(C)[C@H](CC[C@@H]4[C@@]5(C)CC[C@H](O[C@@H]6OC[C@H](O)[C@H](O)[C@H]6O[C@@H]6OC[C@@H](O)[C@H](O)[C@H]6O)[C@@](C)(CO)[C@@H]5CC[C@]43C)[C@@H]12. The lowest BCUT2D eigenvalue weighted by atomic mass is 9.32. The van der Waals surface area contributed by atoms with Crippen LogP contribution >= 0.6 is 0 Å². The maximum absolute atomic E-state index is 15.2. The number of aliphatic hydroxyl groups is 15. The Labute approximate surface area is 488 Å². The molecule has 5 aliphatic heterocycles. The normalized spacial score (nSPS) is 55.9. The van der Waals surface area contributed by atoms with E-state index in [1.807, 2.05) is 13.8 Å². The van der Waals surface area contributed by atoms with E-state index in [0.717, 1.165) is 37.7 Å². The minimum atomic E-state index is -1.90. The van der Waals surface area contributed by atoms with Gasteiger partial charge in [0.25, 0.3) is 0 Å². The van der Waals surface area contributed by atoms with E-state index in [-0.39, 0.29) is 65.7 Å². The van der Waals surface area contributed by atoms with Gasteiger partial charge < -0.3 is 124 Å². The van der Waals surface area contributed by atoms with E-state index in [9.17, 15) is 76.6 Å². The van der Waals surface area contributed by atoms with Gasteiger partial charge in [-0.2, -0.15) is 0 Å². The van der Waals surface area contributed by atoms with E-state index in [1.54, 1.807) is 0 Å². The second-order valence-corrected chi connectivity index (χ2v) is 27.5. The Morgan fingerprint density at radius 2 is 1.17 bits per heavy atom. The maximum atomic E-state index is 15.2. The van der Waals surface area contributed by atoms with Crippen LogP contribution in [0.2, 0.25) is 0 Å². The van der Waals surface area contributed by atoms with Crippen molar-refractivity contribution in [3.05, 3.63) is 12.2 Å². The van der Waals surface area contributed by atoms with E-state index >= 15 is 4.79 Å². The zero-order valence-electron chi connectivity index (χ0n) is 48.8. The zero-order chi connectivity index (χ0) is 61.1. The molecule has 0 unspecified atom stereocenters. The molecule has 0 bridgehead atoms. The Balaban J connectivity index is 0.819. The molecule has 15 N–H and O–H groups in total. The molecule has 0 amide bonds. The first kappa shape index (κ1) is 65.2. The molecule has 26 heteroatoms. The van der Waals surface area contributed by atoms with Crippen molar-refractivity contribution in [2.24, 2.45) is 56.7 Å². The molecule has 0 aromatic carbocycles. The average Bonchev–Trinajstić information content (AvgIpc) is 1.01. The van der Waals surface area contributed by atoms with Gasteiger partial charge in [-0.05, 0) is 124 Å². The number of esters is 1. The van der Waals surface area contributed by atoms with E-state index in [0.29, 0.717) is 32.1 Å². The second-order valence-electron chi connectivity index (χ2n) is 27.5. The molecule has 0 radical (unpaired) electrons. The van der Waals surface area contributed by atoms with Gasteiger partial charge in [-0.1, -0.05) is 39.8 Å². The number of ether oxygens (including phenoxy) is 10. The molecular weight excluding hydrogens is 1110 g/mol. The lowest BCUT2D eigenvalue weighted by molar-refractivity contribution is -0.361. The fraction of sp³-hybridized carbons (Fsp3) is 0.948. The number of hydrogen-bond donors (Lipinski definition) is 15. The van der Waals surface area contributed by atoms with Crippen molar-refractivity contribution in [2.75, 3.05) is 33.0 Å². The summed E-state index contributed by atoms with van der Waals surface area (Å²) in [5.41, 5.74) is -1.78. The third-order valence-electron chi connectivity index (χ3n) is 23.3. The number of fused-ring (bicyclic) bond motifs is 7. The van der Waals surface area contributed by atoms with Crippen LogP contribution in [-0.4, -0.2) is 263 Å². The lowest BCUT2D eigenvalue weighted by Gasteiger charge is -2.73. The van der Waals surface area contributed by atoms with Gasteiger partial charge in [0, 0.05) is 5.41 Å². The van der Waals surface area contributed by atoms with E-state index in [2.05, 4.69) is 27.4 Å². The smallest absolute Gasteiger partial charge is 0.314 e. The van der Waals surface area contributed by atoms with Crippen molar-refractivity contribution in [1.29, 1.82) is 0 Å². The van der Waals surface area contributed by atoms with Crippen LogP contribution in [0.3, 0.4) is 0 Å². The number of carbonyl (C=O) groups is 1. The first-order valence-corrected chi connectivity index (χ1v) is 30.2. The van der Waals surface area contributed by atoms with Crippen LogP contribution in [0, 0.1) is 56.7 Å². The molecule has 34 atom stereocenters. The monoisotopic (exact) mass is 1210 g/mol. The largest absolute Gasteiger partial charge is 0.432 e. The molecule has 5 heterocycles.